The van der Waals surface area contributed by atoms with Crippen LogP contribution >= 0.6 is 15.9 Å². The van der Waals surface area contributed by atoms with Crippen LogP contribution < -0.4 is 4.74 Å². The lowest BCUT2D eigenvalue weighted by Gasteiger charge is -2.27. The predicted molar refractivity (Wildman–Crippen MR) is 105 cm³/mol. The van der Waals surface area contributed by atoms with Crippen LogP contribution in [0.5, 0.6) is 5.75 Å². The summed E-state index contributed by atoms with van der Waals surface area (Å²) in [7, 11) is -3.11. The fourth-order valence-electron chi connectivity index (χ4n) is 3.08. The third-order valence-electron chi connectivity index (χ3n) is 4.77. The van der Waals surface area contributed by atoms with Crippen molar-refractivity contribution in [2.45, 2.75) is 32.9 Å². The first-order chi connectivity index (χ1) is 12.7. The lowest BCUT2D eigenvalue weighted by molar-refractivity contribution is -0.136. The number of rotatable bonds is 6. The number of furan rings is 1. The van der Waals surface area contributed by atoms with E-state index in [2.05, 4.69) is 15.9 Å². The van der Waals surface area contributed by atoms with Crippen LogP contribution in [0.4, 0.5) is 0 Å². The Labute approximate surface area is 167 Å². The standard InChI is InChI=1S/C19H22BrNO5S/c1-13-3-4-16(9-14(13)2)25-11-19(22)21(10-17-5-6-18(20)26-17)15-7-8-27(23,24)12-15/h3-6,9,15H,7-8,10-12H2,1-2H3/t15-/m0/s1. The van der Waals surface area contributed by atoms with Gasteiger partial charge in [0.05, 0.1) is 18.1 Å². The van der Waals surface area contributed by atoms with Gasteiger partial charge in [-0.15, -0.1) is 0 Å². The molecule has 0 spiro atoms. The second-order valence-electron chi connectivity index (χ2n) is 6.82. The minimum absolute atomic E-state index is 0.0236. The molecule has 0 aliphatic carbocycles. The molecule has 6 nitrogen and oxygen atoms in total. The highest BCUT2D eigenvalue weighted by Gasteiger charge is 2.35. The van der Waals surface area contributed by atoms with Crippen molar-refractivity contribution in [3.05, 3.63) is 51.9 Å². The Morgan fingerprint density at radius 2 is 2.04 bits per heavy atom. The number of carbonyl (C=O) groups excluding carboxylic acids is 1. The zero-order chi connectivity index (χ0) is 19.6. The van der Waals surface area contributed by atoms with Gasteiger partial charge in [-0.3, -0.25) is 4.79 Å². The Morgan fingerprint density at radius 1 is 1.26 bits per heavy atom. The first-order valence-corrected chi connectivity index (χ1v) is 11.3. The molecule has 0 bridgehead atoms. The number of aryl methyl sites for hydroxylation is 2. The molecule has 1 aliphatic heterocycles. The molecule has 1 aromatic carbocycles. The van der Waals surface area contributed by atoms with Gasteiger partial charge in [-0.05, 0) is 71.6 Å². The fourth-order valence-corrected chi connectivity index (χ4v) is 5.15. The van der Waals surface area contributed by atoms with Crippen molar-refractivity contribution in [3.8, 4) is 5.75 Å². The quantitative estimate of drug-likeness (QED) is 0.667. The molecule has 0 radical (unpaired) electrons. The van der Waals surface area contributed by atoms with Crippen molar-refractivity contribution >= 4 is 31.7 Å². The number of amides is 1. The number of nitrogens with zero attached hydrogens (tertiary/aromatic N) is 1. The Balaban J connectivity index is 1.72. The monoisotopic (exact) mass is 455 g/mol. The van der Waals surface area contributed by atoms with Gasteiger partial charge in [-0.1, -0.05) is 6.07 Å². The molecule has 0 unspecified atom stereocenters. The third kappa shape index (κ3) is 5.13. The van der Waals surface area contributed by atoms with E-state index in [4.69, 9.17) is 9.15 Å². The van der Waals surface area contributed by atoms with Crippen molar-refractivity contribution in [2.75, 3.05) is 18.1 Å². The lowest BCUT2D eigenvalue weighted by atomic mass is 10.1. The minimum atomic E-state index is -3.11. The van der Waals surface area contributed by atoms with Gasteiger partial charge in [-0.2, -0.15) is 0 Å². The number of ether oxygens (including phenoxy) is 1. The van der Waals surface area contributed by atoms with Crippen molar-refractivity contribution in [3.63, 3.8) is 0 Å². The molecule has 0 saturated carbocycles. The molecular weight excluding hydrogens is 434 g/mol. The van der Waals surface area contributed by atoms with E-state index in [1.807, 2.05) is 32.0 Å². The highest BCUT2D eigenvalue weighted by molar-refractivity contribution is 9.10. The predicted octanol–water partition coefficient (Wildman–Crippen LogP) is 3.25. The molecule has 3 rings (SSSR count). The van der Waals surface area contributed by atoms with Gasteiger partial charge in [0.25, 0.3) is 5.91 Å². The summed E-state index contributed by atoms with van der Waals surface area (Å²) in [5, 5.41) is 0. The number of benzene rings is 1. The van der Waals surface area contributed by atoms with Gasteiger partial charge in [0.2, 0.25) is 0 Å². The largest absolute Gasteiger partial charge is 0.484 e. The Kier molecular flexibility index (Phi) is 5.95. The van der Waals surface area contributed by atoms with E-state index in [0.717, 1.165) is 11.1 Å². The maximum Gasteiger partial charge on any atom is 0.261 e. The smallest absolute Gasteiger partial charge is 0.261 e. The number of hydrogen-bond acceptors (Lipinski definition) is 5. The molecular formula is C19H22BrNO5S. The summed E-state index contributed by atoms with van der Waals surface area (Å²) in [4.78, 5) is 14.4. The van der Waals surface area contributed by atoms with Gasteiger partial charge < -0.3 is 14.1 Å². The van der Waals surface area contributed by atoms with Gasteiger partial charge in [0, 0.05) is 6.04 Å². The van der Waals surface area contributed by atoms with E-state index in [9.17, 15) is 13.2 Å². The summed E-state index contributed by atoms with van der Waals surface area (Å²) in [6.45, 7) is 4.05. The Bertz CT molecular complexity index is 937. The molecule has 27 heavy (non-hydrogen) atoms. The first-order valence-electron chi connectivity index (χ1n) is 8.68. The normalized spacial score (nSPS) is 18.4. The van der Waals surface area contributed by atoms with Crippen LogP contribution in [-0.4, -0.2) is 43.4 Å². The number of hydrogen-bond donors (Lipinski definition) is 0. The average molecular weight is 456 g/mol. The second kappa shape index (κ2) is 8.06. The maximum absolute atomic E-state index is 12.8. The average Bonchev–Trinajstić information content (AvgIpc) is 3.18. The summed E-state index contributed by atoms with van der Waals surface area (Å²) >= 11 is 3.24. The van der Waals surface area contributed by atoms with Crippen LogP contribution in [0.1, 0.15) is 23.3 Å². The van der Waals surface area contributed by atoms with Crippen molar-refractivity contribution in [2.24, 2.45) is 0 Å². The summed E-state index contributed by atoms with van der Waals surface area (Å²) in [6, 6.07) is 8.79. The highest BCUT2D eigenvalue weighted by Crippen LogP contribution is 2.23. The van der Waals surface area contributed by atoms with Crippen molar-refractivity contribution in [1.29, 1.82) is 0 Å². The van der Waals surface area contributed by atoms with Crippen molar-refractivity contribution in [1.82, 2.24) is 4.90 Å². The van der Waals surface area contributed by atoms with Gasteiger partial charge in [0.15, 0.2) is 21.1 Å². The minimum Gasteiger partial charge on any atom is -0.484 e. The van der Waals surface area contributed by atoms with E-state index in [0.29, 0.717) is 22.6 Å². The number of carbonyl (C=O) groups is 1. The molecule has 1 fully saturated rings. The van der Waals surface area contributed by atoms with Crippen LogP contribution in [0.25, 0.3) is 0 Å². The van der Waals surface area contributed by atoms with Crippen LogP contribution in [-0.2, 0) is 21.2 Å². The molecule has 1 saturated heterocycles. The van der Waals surface area contributed by atoms with Crippen LogP contribution in [0.3, 0.4) is 0 Å². The molecule has 1 aromatic heterocycles. The SMILES string of the molecule is Cc1ccc(OCC(=O)N(Cc2ccc(Br)o2)[C@H]2CCS(=O)(=O)C2)cc1C. The highest BCUT2D eigenvalue weighted by atomic mass is 79.9. The first kappa shape index (κ1) is 19.9. The van der Waals surface area contributed by atoms with Gasteiger partial charge >= 0.3 is 0 Å². The Morgan fingerprint density at radius 3 is 2.63 bits per heavy atom. The van der Waals surface area contributed by atoms with E-state index in [1.54, 1.807) is 17.0 Å². The molecule has 2 aromatic rings. The van der Waals surface area contributed by atoms with Crippen molar-refractivity contribution < 1.29 is 22.4 Å². The number of halogens is 1. The van der Waals surface area contributed by atoms with E-state index in [-0.39, 0.29) is 36.6 Å². The van der Waals surface area contributed by atoms with Crippen LogP contribution in [0.2, 0.25) is 0 Å². The molecule has 0 N–H and O–H groups in total. The molecule has 8 heteroatoms. The molecule has 1 amide bonds. The zero-order valence-electron chi connectivity index (χ0n) is 15.3. The van der Waals surface area contributed by atoms with Crippen LogP contribution in [0.15, 0.2) is 39.4 Å². The van der Waals surface area contributed by atoms with Crippen LogP contribution in [0, 0.1) is 13.8 Å². The summed E-state index contributed by atoms with van der Waals surface area (Å²) in [5.74, 6) is 1.02. The Hall–Kier alpha value is -1.80. The summed E-state index contributed by atoms with van der Waals surface area (Å²) in [5.41, 5.74) is 2.23. The van der Waals surface area contributed by atoms with Gasteiger partial charge in [-0.25, -0.2) is 8.42 Å². The summed E-state index contributed by atoms with van der Waals surface area (Å²) < 4.78 is 35.5. The second-order valence-corrected chi connectivity index (χ2v) is 9.83. The number of sulfone groups is 1. The maximum atomic E-state index is 12.8. The van der Waals surface area contributed by atoms with E-state index >= 15 is 0 Å². The molecule has 1 atom stereocenters. The van der Waals surface area contributed by atoms with E-state index < -0.39 is 9.84 Å². The topological polar surface area (TPSA) is 76.8 Å². The third-order valence-corrected chi connectivity index (χ3v) is 6.94. The van der Waals surface area contributed by atoms with Gasteiger partial charge in [0.1, 0.15) is 11.5 Å². The zero-order valence-corrected chi connectivity index (χ0v) is 17.7. The molecule has 2 heterocycles. The summed E-state index contributed by atoms with van der Waals surface area (Å²) in [6.07, 6.45) is 0.430. The lowest BCUT2D eigenvalue weighted by Crippen LogP contribution is -2.43. The molecule has 146 valence electrons. The fraction of sp³-hybridized carbons (Fsp3) is 0.421. The molecule has 1 aliphatic rings. The van der Waals surface area contributed by atoms with E-state index in [1.165, 1.54) is 0 Å².